The Kier molecular flexibility index (Phi) is 4.14. The lowest BCUT2D eigenvalue weighted by Crippen LogP contribution is -2.21. The highest BCUT2D eigenvalue weighted by Gasteiger charge is 2.16. The molecule has 0 aliphatic carbocycles. The number of hydrogen-bond acceptors (Lipinski definition) is 5. The molecule has 2 N–H and O–H groups in total. The van der Waals surface area contributed by atoms with Gasteiger partial charge in [0.05, 0.1) is 13.8 Å². The molecule has 6 heteroatoms. The number of hydrogen-bond donors (Lipinski definition) is 2. The number of aromatic nitrogens is 1. The van der Waals surface area contributed by atoms with E-state index in [0.29, 0.717) is 12.4 Å². The van der Waals surface area contributed by atoms with Crippen LogP contribution in [0, 0.1) is 5.41 Å². The highest BCUT2D eigenvalue weighted by atomic mass is 16.5. The molecule has 1 aromatic heterocycles. The summed E-state index contributed by atoms with van der Waals surface area (Å²) in [5.41, 5.74) is 1.93. The second-order valence-electron chi connectivity index (χ2n) is 4.29. The Morgan fingerprint density at radius 1 is 1.65 bits per heavy atom. The van der Waals surface area contributed by atoms with E-state index in [1.807, 2.05) is 24.1 Å². The van der Waals surface area contributed by atoms with E-state index in [2.05, 4.69) is 22.0 Å². The first-order valence-corrected chi connectivity index (χ1v) is 6.10. The fourth-order valence-corrected chi connectivity index (χ4v) is 1.81. The number of amidine groups is 1. The first-order chi connectivity index (χ1) is 9.63. The van der Waals surface area contributed by atoms with Gasteiger partial charge in [0.25, 0.3) is 0 Å². The van der Waals surface area contributed by atoms with Crippen molar-refractivity contribution in [3.8, 4) is 5.75 Å². The fourth-order valence-electron chi connectivity index (χ4n) is 1.81. The molecule has 0 spiro atoms. The zero-order valence-corrected chi connectivity index (χ0v) is 11.6. The maximum atomic E-state index is 7.39. The lowest BCUT2D eigenvalue weighted by molar-refractivity contribution is 0.413. The van der Waals surface area contributed by atoms with Crippen LogP contribution in [0.25, 0.3) is 6.08 Å². The van der Waals surface area contributed by atoms with Crippen molar-refractivity contribution in [1.29, 1.82) is 5.41 Å². The largest absolute Gasteiger partial charge is 0.493 e. The zero-order chi connectivity index (χ0) is 14.5. The van der Waals surface area contributed by atoms with Gasteiger partial charge in [-0.05, 0) is 37.4 Å². The molecule has 6 nitrogen and oxygen atoms in total. The van der Waals surface area contributed by atoms with Crippen LogP contribution in [0.5, 0.6) is 5.75 Å². The van der Waals surface area contributed by atoms with E-state index in [-0.39, 0.29) is 5.84 Å². The number of nitrogens with zero attached hydrogens (tertiary/aromatic N) is 3. The third kappa shape index (κ3) is 3.03. The summed E-state index contributed by atoms with van der Waals surface area (Å²) in [6.45, 7) is 5.97. The maximum Gasteiger partial charge on any atom is 0.176 e. The molecule has 2 rings (SSSR count). The smallest absolute Gasteiger partial charge is 0.176 e. The van der Waals surface area contributed by atoms with Crippen molar-refractivity contribution in [2.24, 2.45) is 4.99 Å². The van der Waals surface area contributed by atoms with E-state index in [0.717, 1.165) is 17.1 Å². The van der Waals surface area contributed by atoms with Crippen LogP contribution >= 0.6 is 0 Å². The monoisotopic (exact) mass is 271 g/mol. The Hall–Kier alpha value is -2.63. The SMILES string of the molecule is C=NC(=N)/C=C/c1cnc(N2C=C(C)NC2)c(OC)c1. The third-order valence-electron chi connectivity index (χ3n) is 2.83. The van der Waals surface area contributed by atoms with Gasteiger partial charge in [-0.3, -0.25) is 5.41 Å². The minimum absolute atomic E-state index is 0.107. The molecule has 0 radical (unpaired) electrons. The second kappa shape index (κ2) is 6.01. The molecule has 0 unspecified atom stereocenters. The number of anilines is 1. The Bertz CT molecular complexity index is 591. The number of methoxy groups -OCH3 is 1. The van der Waals surface area contributed by atoms with Crippen molar-refractivity contribution in [3.05, 3.63) is 35.8 Å². The van der Waals surface area contributed by atoms with E-state index in [1.165, 1.54) is 0 Å². The molecule has 0 saturated heterocycles. The number of rotatable bonds is 4. The molecule has 20 heavy (non-hydrogen) atoms. The molecule has 0 amide bonds. The molecule has 1 aliphatic rings. The van der Waals surface area contributed by atoms with E-state index >= 15 is 0 Å². The Morgan fingerprint density at radius 2 is 2.45 bits per heavy atom. The fraction of sp³-hybridized carbons (Fsp3) is 0.214. The van der Waals surface area contributed by atoms with Gasteiger partial charge in [0.15, 0.2) is 11.6 Å². The van der Waals surface area contributed by atoms with Crippen molar-refractivity contribution >= 4 is 24.4 Å². The quantitative estimate of drug-likeness (QED) is 0.649. The lowest BCUT2D eigenvalue weighted by atomic mass is 10.2. The molecular weight excluding hydrogens is 254 g/mol. The molecule has 0 bridgehead atoms. The number of nitrogens with one attached hydrogen (secondary N) is 2. The number of pyridine rings is 1. The highest BCUT2D eigenvalue weighted by Crippen LogP contribution is 2.28. The minimum Gasteiger partial charge on any atom is -0.493 e. The van der Waals surface area contributed by atoms with Crippen LogP contribution in [0.4, 0.5) is 5.82 Å². The summed E-state index contributed by atoms with van der Waals surface area (Å²) in [6, 6.07) is 1.87. The predicted molar refractivity (Wildman–Crippen MR) is 81.3 cm³/mol. The summed E-state index contributed by atoms with van der Waals surface area (Å²) in [5, 5.41) is 10.6. The van der Waals surface area contributed by atoms with Crippen LogP contribution in [0.2, 0.25) is 0 Å². The van der Waals surface area contributed by atoms with Crippen LogP contribution in [-0.4, -0.2) is 31.3 Å². The Balaban J connectivity index is 2.26. The Morgan fingerprint density at radius 3 is 3.05 bits per heavy atom. The summed E-state index contributed by atoms with van der Waals surface area (Å²) < 4.78 is 5.38. The standard InChI is InChI=1S/C14H17N5O/c1-10-8-19(9-18-10)14-12(20-3)6-11(7-17-14)4-5-13(15)16-2/h4-8,15,18H,2,9H2,1,3H3/b5-4+,15-13?. The van der Waals surface area contributed by atoms with E-state index < -0.39 is 0 Å². The van der Waals surface area contributed by atoms with Crippen molar-refractivity contribution < 1.29 is 4.74 Å². The first-order valence-electron chi connectivity index (χ1n) is 6.10. The van der Waals surface area contributed by atoms with Gasteiger partial charge in [0, 0.05) is 18.1 Å². The molecule has 1 aromatic rings. The first kappa shape index (κ1) is 13.8. The molecular formula is C14H17N5O. The summed E-state index contributed by atoms with van der Waals surface area (Å²) in [6.07, 6.45) is 7.02. The predicted octanol–water partition coefficient (Wildman–Crippen LogP) is 2.01. The maximum absolute atomic E-state index is 7.39. The van der Waals surface area contributed by atoms with Crippen LogP contribution in [0.1, 0.15) is 12.5 Å². The highest BCUT2D eigenvalue weighted by molar-refractivity contribution is 5.96. The molecule has 0 atom stereocenters. The molecule has 2 heterocycles. The topological polar surface area (TPSA) is 73.6 Å². The average molecular weight is 271 g/mol. The van der Waals surface area contributed by atoms with Crippen LogP contribution in [-0.2, 0) is 0 Å². The van der Waals surface area contributed by atoms with Crippen molar-refractivity contribution in [2.75, 3.05) is 18.7 Å². The van der Waals surface area contributed by atoms with Crippen molar-refractivity contribution in [3.63, 3.8) is 0 Å². The lowest BCUT2D eigenvalue weighted by Gasteiger charge is -2.17. The van der Waals surface area contributed by atoms with Gasteiger partial charge in [0.1, 0.15) is 5.84 Å². The minimum atomic E-state index is 0.107. The van der Waals surface area contributed by atoms with Gasteiger partial charge in [-0.1, -0.05) is 0 Å². The number of allylic oxidation sites excluding steroid dienone is 1. The van der Waals surface area contributed by atoms with Gasteiger partial charge < -0.3 is 15.0 Å². The van der Waals surface area contributed by atoms with Crippen LogP contribution < -0.4 is 15.0 Å². The molecule has 1 aliphatic heterocycles. The molecule has 104 valence electrons. The zero-order valence-electron chi connectivity index (χ0n) is 11.6. The third-order valence-corrected chi connectivity index (χ3v) is 2.83. The van der Waals surface area contributed by atoms with Crippen LogP contribution in [0.15, 0.2) is 35.2 Å². The molecule has 0 saturated carbocycles. The Labute approximate surface area is 118 Å². The molecule has 0 aromatic carbocycles. The van der Waals surface area contributed by atoms with E-state index in [1.54, 1.807) is 25.5 Å². The van der Waals surface area contributed by atoms with E-state index in [4.69, 9.17) is 10.1 Å². The number of aliphatic imine (C=N–C) groups is 1. The average Bonchev–Trinajstić information content (AvgIpc) is 2.90. The van der Waals surface area contributed by atoms with Gasteiger partial charge in [0.2, 0.25) is 0 Å². The van der Waals surface area contributed by atoms with Gasteiger partial charge in [-0.2, -0.15) is 0 Å². The van der Waals surface area contributed by atoms with E-state index in [9.17, 15) is 0 Å². The van der Waals surface area contributed by atoms with Crippen molar-refractivity contribution in [2.45, 2.75) is 6.92 Å². The number of ether oxygens (including phenoxy) is 1. The normalized spacial score (nSPS) is 14.1. The van der Waals surface area contributed by atoms with Gasteiger partial charge >= 0.3 is 0 Å². The van der Waals surface area contributed by atoms with Crippen LogP contribution in [0.3, 0.4) is 0 Å². The summed E-state index contributed by atoms with van der Waals surface area (Å²) >= 11 is 0. The summed E-state index contributed by atoms with van der Waals surface area (Å²) in [5.74, 6) is 1.54. The molecule has 0 fully saturated rings. The van der Waals surface area contributed by atoms with Gasteiger partial charge in [-0.15, -0.1) is 0 Å². The second-order valence-corrected chi connectivity index (χ2v) is 4.29. The van der Waals surface area contributed by atoms with Crippen molar-refractivity contribution in [1.82, 2.24) is 10.3 Å². The summed E-state index contributed by atoms with van der Waals surface area (Å²) in [7, 11) is 1.61. The van der Waals surface area contributed by atoms with Gasteiger partial charge in [-0.25, -0.2) is 9.98 Å². The summed E-state index contributed by atoms with van der Waals surface area (Å²) in [4.78, 5) is 9.90.